The number of carbonyl (C=O) groups is 1. The third kappa shape index (κ3) is 5.81. The molecule has 0 unspecified atom stereocenters. The van der Waals surface area contributed by atoms with Gasteiger partial charge in [-0.25, -0.2) is 4.79 Å². The second-order valence-electron chi connectivity index (χ2n) is 4.56. The molecule has 0 bridgehead atoms. The van der Waals surface area contributed by atoms with E-state index >= 15 is 0 Å². The van der Waals surface area contributed by atoms with Crippen molar-refractivity contribution in [2.45, 2.75) is 45.0 Å². The Morgan fingerprint density at radius 2 is 1.84 bits per heavy atom. The van der Waals surface area contributed by atoms with E-state index in [1.54, 1.807) is 30.3 Å². The highest BCUT2D eigenvalue weighted by atomic mass is 19.3. The van der Waals surface area contributed by atoms with Gasteiger partial charge in [-0.05, 0) is 12.0 Å². The van der Waals surface area contributed by atoms with Crippen LogP contribution < -0.4 is 0 Å². The number of ether oxygens (including phenoxy) is 1. The van der Waals surface area contributed by atoms with Crippen molar-refractivity contribution in [1.82, 2.24) is 0 Å². The fraction of sp³-hybridized carbons (Fsp3) is 0.533. The van der Waals surface area contributed by atoms with Crippen molar-refractivity contribution >= 4 is 5.97 Å². The van der Waals surface area contributed by atoms with Gasteiger partial charge >= 0.3 is 11.9 Å². The summed E-state index contributed by atoms with van der Waals surface area (Å²) in [5.41, 5.74) is 0.426. The van der Waals surface area contributed by atoms with Crippen molar-refractivity contribution in [2.75, 3.05) is 6.61 Å². The van der Waals surface area contributed by atoms with E-state index < -0.39 is 18.3 Å². The molecule has 0 amide bonds. The Labute approximate surface area is 112 Å². The molecule has 0 aliphatic heterocycles. The van der Waals surface area contributed by atoms with Crippen LogP contribution >= 0.6 is 0 Å². The lowest BCUT2D eigenvalue weighted by atomic mass is 10.1. The van der Waals surface area contributed by atoms with Crippen LogP contribution in [0.4, 0.5) is 8.78 Å². The zero-order valence-corrected chi connectivity index (χ0v) is 11.2. The van der Waals surface area contributed by atoms with Gasteiger partial charge in [-0.2, -0.15) is 8.78 Å². The Kier molecular flexibility index (Phi) is 6.46. The summed E-state index contributed by atoms with van der Waals surface area (Å²) >= 11 is 0. The van der Waals surface area contributed by atoms with Gasteiger partial charge in [-0.3, -0.25) is 0 Å². The number of hydrogen-bond donors (Lipinski definition) is 0. The average molecular weight is 270 g/mol. The molecule has 0 saturated heterocycles. The number of unbranched alkanes of at least 4 members (excludes halogenated alkanes) is 3. The molecule has 0 aromatic heterocycles. The average Bonchev–Trinajstić information content (AvgIpc) is 2.39. The molecule has 0 spiro atoms. The van der Waals surface area contributed by atoms with Crippen LogP contribution in [-0.2, 0) is 16.0 Å². The third-order valence-corrected chi connectivity index (χ3v) is 2.80. The molecule has 0 saturated carbocycles. The standard InChI is InChI=1S/C15H20F2O2/c1-2-3-4-8-11-19-14(18)15(16,17)12-13-9-6-5-7-10-13/h5-7,9-10H,2-4,8,11-12H2,1H3. The highest BCUT2D eigenvalue weighted by molar-refractivity contribution is 5.77. The number of carbonyl (C=O) groups excluding carboxylic acids is 1. The molecule has 0 aliphatic carbocycles. The molecule has 4 heteroatoms. The number of halogens is 2. The first-order chi connectivity index (χ1) is 9.06. The summed E-state index contributed by atoms with van der Waals surface area (Å²) in [6, 6.07) is 8.22. The number of alkyl halides is 2. The van der Waals surface area contributed by atoms with Gasteiger partial charge < -0.3 is 4.74 Å². The van der Waals surface area contributed by atoms with E-state index in [9.17, 15) is 13.6 Å². The van der Waals surface area contributed by atoms with Crippen molar-refractivity contribution in [3.05, 3.63) is 35.9 Å². The van der Waals surface area contributed by atoms with E-state index in [2.05, 4.69) is 11.7 Å². The molecule has 0 radical (unpaired) electrons. The molecular formula is C15H20F2O2. The third-order valence-electron chi connectivity index (χ3n) is 2.80. The van der Waals surface area contributed by atoms with Gasteiger partial charge in [0.15, 0.2) is 0 Å². The molecule has 2 nitrogen and oxygen atoms in total. The maximum Gasteiger partial charge on any atom is 0.377 e. The van der Waals surface area contributed by atoms with Crippen LogP contribution in [0.25, 0.3) is 0 Å². The SMILES string of the molecule is CCCCCCOC(=O)C(F)(F)Cc1ccccc1. The minimum Gasteiger partial charge on any atom is -0.461 e. The zero-order chi connectivity index (χ0) is 14.1. The van der Waals surface area contributed by atoms with E-state index in [1.807, 2.05) is 0 Å². The molecule has 106 valence electrons. The summed E-state index contributed by atoms with van der Waals surface area (Å²) in [4.78, 5) is 11.3. The Balaban J connectivity index is 2.37. The monoisotopic (exact) mass is 270 g/mol. The van der Waals surface area contributed by atoms with E-state index in [1.165, 1.54) is 0 Å². The zero-order valence-electron chi connectivity index (χ0n) is 11.2. The van der Waals surface area contributed by atoms with Gasteiger partial charge in [0.25, 0.3) is 0 Å². The maximum atomic E-state index is 13.6. The summed E-state index contributed by atoms with van der Waals surface area (Å²) in [6.07, 6.45) is 3.01. The lowest BCUT2D eigenvalue weighted by molar-refractivity contribution is -0.171. The molecule has 0 heterocycles. The van der Waals surface area contributed by atoms with E-state index in [-0.39, 0.29) is 6.61 Å². The van der Waals surface area contributed by atoms with Crippen molar-refractivity contribution in [3.63, 3.8) is 0 Å². The predicted molar refractivity (Wildman–Crippen MR) is 70.2 cm³/mol. The normalized spacial score (nSPS) is 11.3. The summed E-state index contributed by atoms with van der Waals surface area (Å²) in [6.45, 7) is 2.13. The second kappa shape index (κ2) is 7.87. The van der Waals surface area contributed by atoms with Gasteiger partial charge in [0.1, 0.15) is 0 Å². The van der Waals surface area contributed by atoms with Gasteiger partial charge in [0.2, 0.25) is 0 Å². The molecule has 1 aromatic rings. The number of rotatable bonds is 8. The molecule has 0 aliphatic rings. The Morgan fingerprint density at radius 3 is 2.47 bits per heavy atom. The highest BCUT2D eigenvalue weighted by Crippen LogP contribution is 2.22. The number of esters is 1. The first-order valence-corrected chi connectivity index (χ1v) is 6.65. The largest absolute Gasteiger partial charge is 0.461 e. The first kappa shape index (κ1) is 15.6. The Bertz CT molecular complexity index is 377. The topological polar surface area (TPSA) is 26.3 Å². The van der Waals surface area contributed by atoms with Crippen molar-refractivity contribution in [3.8, 4) is 0 Å². The van der Waals surface area contributed by atoms with Crippen molar-refractivity contribution in [2.24, 2.45) is 0 Å². The highest BCUT2D eigenvalue weighted by Gasteiger charge is 2.40. The summed E-state index contributed by atoms with van der Waals surface area (Å²) in [5.74, 6) is -4.88. The second-order valence-corrected chi connectivity index (χ2v) is 4.56. The van der Waals surface area contributed by atoms with Gasteiger partial charge in [0, 0.05) is 6.42 Å². The van der Waals surface area contributed by atoms with Gasteiger partial charge in [0.05, 0.1) is 6.61 Å². The predicted octanol–water partition coefficient (Wildman–Crippen LogP) is 3.99. The fourth-order valence-electron chi connectivity index (χ4n) is 1.72. The molecule has 1 rings (SSSR count). The minimum absolute atomic E-state index is 0.0726. The van der Waals surface area contributed by atoms with Gasteiger partial charge in [-0.1, -0.05) is 56.5 Å². The summed E-state index contributed by atoms with van der Waals surface area (Å²) < 4.78 is 31.8. The van der Waals surface area contributed by atoms with Crippen LogP contribution in [0.3, 0.4) is 0 Å². The van der Waals surface area contributed by atoms with Crippen LogP contribution in [0.15, 0.2) is 30.3 Å². The summed E-state index contributed by atoms with van der Waals surface area (Å²) in [5, 5.41) is 0. The Morgan fingerprint density at radius 1 is 1.16 bits per heavy atom. The van der Waals surface area contributed by atoms with Gasteiger partial charge in [-0.15, -0.1) is 0 Å². The van der Waals surface area contributed by atoms with E-state index in [0.29, 0.717) is 12.0 Å². The molecule has 0 fully saturated rings. The first-order valence-electron chi connectivity index (χ1n) is 6.65. The fourth-order valence-corrected chi connectivity index (χ4v) is 1.72. The Hall–Kier alpha value is -1.45. The quantitative estimate of drug-likeness (QED) is 0.527. The minimum atomic E-state index is -3.45. The molecule has 19 heavy (non-hydrogen) atoms. The molecule has 0 atom stereocenters. The van der Waals surface area contributed by atoms with E-state index in [0.717, 1.165) is 19.3 Å². The van der Waals surface area contributed by atoms with Crippen LogP contribution in [0.5, 0.6) is 0 Å². The lowest BCUT2D eigenvalue weighted by Gasteiger charge is -2.15. The molecular weight excluding hydrogens is 250 g/mol. The maximum absolute atomic E-state index is 13.6. The van der Waals surface area contributed by atoms with Crippen LogP contribution in [-0.4, -0.2) is 18.5 Å². The van der Waals surface area contributed by atoms with Crippen LogP contribution in [0.2, 0.25) is 0 Å². The van der Waals surface area contributed by atoms with Crippen LogP contribution in [0, 0.1) is 0 Å². The lowest BCUT2D eigenvalue weighted by Crippen LogP contribution is -2.33. The number of hydrogen-bond acceptors (Lipinski definition) is 2. The molecule has 1 aromatic carbocycles. The van der Waals surface area contributed by atoms with E-state index in [4.69, 9.17) is 0 Å². The van der Waals surface area contributed by atoms with Crippen molar-refractivity contribution in [1.29, 1.82) is 0 Å². The van der Waals surface area contributed by atoms with Crippen LogP contribution in [0.1, 0.15) is 38.2 Å². The van der Waals surface area contributed by atoms with Crippen molar-refractivity contribution < 1.29 is 18.3 Å². The summed E-state index contributed by atoms with van der Waals surface area (Å²) in [7, 11) is 0. The smallest absolute Gasteiger partial charge is 0.377 e. The molecule has 0 N–H and O–H groups in total. The number of benzene rings is 1.